The molecule has 2 aromatic rings. The molecule has 0 bridgehead atoms. The quantitative estimate of drug-likeness (QED) is 0.671. The van der Waals surface area contributed by atoms with E-state index in [1.807, 2.05) is 13.0 Å². The van der Waals surface area contributed by atoms with E-state index in [-0.39, 0.29) is 17.3 Å². The Bertz CT molecular complexity index is 644. The Labute approximate surface area is 117 Å². The second kappa shape index (κ2) is 6.06. The molecular weight excluding hydrogens is 256 g/mol. The van der Waals surface area contributed by atoms with Crippen molar-refractivity contribution < 1.29 is 14.6 Å². The molecule has 0 aliphatic carbocycles. The van der Waals surface area contributed by atoms with Gasteiger partial charge in [0, 0.05) is 18.3 Å². The van der Waals surface area contributed by atoms with Gasteiger partial charge >= 0.3 is 0 Å². The lowest BCUT2D eigenvalue weighted by Gasteiger charge is -2.04. The van der Waals surface area contributed by atoms with Crippen molar-refractivity contribution in [3.05, 3.63) is 47.8 Å². The molecule has 20 heavy (non-hydrogen) atoms. The van der Waals surface area contributed by atoms with Crippen molar-refractivity contribution in [2.45, 2.75) is 13.5 Å². The number of aryl methyl sites for hydroxylation is 1. The number of hydrogen-bond donors (Lipinski definition) is 1. The molecule has 5 heteroatoms. The average Bonchev–Trinajstić information content (AvgIpc) is 2.92. The third-order valence-electron chi connectivity index (χ3n) is 2.92. The minimum Gasteiger partial charge on any atom is -0.504 e. The molecule has 1 N–H and O–H groups in total. The average molecular weight is 272 g/mol. The van der Waals surface area contributed by atoms with Gasteiger partial charge in [-0.3, -0.25) is 9.48 Å². The first-order valence-electron chi connectivity index (χ1n) is 6.27. The zero-order chi connectivity index (χ0) is 14.5. The minimum absolute atomic E-state index is 0.0112. The third-order valence-corrected chi connectivity index (χ3v) is 2.92. The SMILES string of the molecule is CCn1nccc1/C=C/C(=O)c1ccc(O)c(OC)c1. The van der Waals surface area contributed by atoms with E-state index in [1.54, 1.807) is 23.0 Å². The van der Waals surface area contributed by atoms with E-state index in [0.29, 0.717) is 5.56 Å². The van der Waals surface area contributed by atoms with Gasteiger partial charge < -0.3 is 9.84 Å². The maximum Gasteiger partial charge on any atom is 0.186 e. The van der Waals surface area contributed by atoms with Gasteiger partial charge in [0.15, 0.2) is 17.3 Å². The number of rotatable bonds is 5. The molecule has 1 aromatic carbocycles. The number of benzene rings is 1. The molecule has 0 aliphatic rings. The van der Waals surface area contributed by atoms with Gasteiger partial charge in [-0.15, -0.1) is 0 Å². The number of carbonyl (C=O) groups is 1. The summed E-state index contributed by atoms with van der Waals surface area (Å²) in [6.07, 6.45) is 4.89. The first-order valence-corrected chi connectivity index (χ1v) is 6.27. The molecule has 2 rings (SSSR count). The molecule has 0 spiro atoms. The Kier molecular flexibility index (Phi) is 4.20. The van der Waals surface area contributed by atoms with Crippen molar-refractivity contribution in [3.63, 3.8) is 0 Å². The third kappa shape index (κ3) is 2.88. The number of allylic oxidation sites excluding steroid dienone is 1. The van der Waals surface area contributed by atoms with Gasteiger partial charge in [-0.05, 0) is 43.3 Å². The number of phenolic OH excluding ortho intramolecular Hbond substituents is 1. The van der Waals surface area contributed by atoms with Crippen molar-refractivity contribution in [2.24, 2.45) is 0 Å². The highest BCUT2D eigenvalue weighted by Crippen LogP contribution is 2.26. The number of hydrogen-bond acceptors (Lipinski definition) is 4. The van der Waals surface area contributed by atoms with E-state index < -0.39 is 0 Å². The topological polar surface area (TPSA) is 64.4 Å². The predicted octanol–water partition coefficient (Wildman–Crippen LogP) is 2.51. The van der Waals surface area contributed by atoms with Crippen LogP contribution in [0.5, 0.6) is 11.5 Å². The number of aromatic nitrogens is 2. The van der Waals surface area contributed by atoms with Gasteiger partial charge in [-0.25, -0.2) is 0 Å². The van der Waals surface area contributed by atoms with E-state index >= 15 is 0 Å². The molecule has 0 saturated carbocycles. The van der Waals surface area contributed by atoms with Gasteiger partial charge in [0.05, 0.1) is 12.8 Å². The van der Waals surface area contributed by atoms with Gasteiger partial charge in [0.25, 0.3) is 0 Å². The number of ketones is 1. The highest BCUT2D eigenvalue weighted by molar-refractivity contribution is 6.07. The van der Waals surface area contributed by atoms with Crippen LogP contribution >= 0.6 is 0 Å². The zero-order valence-electron chi connectivity index (χ0n) is 11.4. The number of aromatic hydroxyl groups is 1. The summed E-state index contributed by atoms with van der Waals surface area (Å²) in [7, 11) is 1.44. The standard InChI is InChI=1S/C15H16N2O3/c1-3-17-12(8-9-16-17)5-7-13(18)11-4-6-14(19)15(10-11)20-2/h4-10,19H,3H2,1-2H3/b7-5+. The van der Waals surface area contributed by atoms with Crippen LogP contribution < -0.4 is 4.74 Å². The minimum atomic E-state index is -0.160. The summed E-state index contributed by atoms with van der Waals surface area (Å²) in [6, 6.07) is 6.35. The van der Waals surface area contributed by atoms with E-state index in [9.17, 15) is 9.90 Å². The number of ether oxygens (including phenoxy) is 1. The smallest absolute Gasteiger partial charge is 0.186 e. The second-order valence-electron chi connectivity index (χ2n) is 4.16. The van der Waals surface area contributed by atoms with Crippen LogP contribution in [0.25, 0.3) is 6.08 Å². The van der Waals surface area contributed by atoms with Crippen LogP contribution in [0.15, 0.2) is 36.5 Å². The van der Waals surface area contributed by atoms with E-state index in [2.05, 4.69) is 5.10 Å². The maximum atomic E-state index is 12.1. The van der Waals surface area contributed by atoms with Crippen molar-refractivity contribution in [3.8, 4) is 11.5 Å². The van der Waals surface area contributed by atoms with E-state index in [0.717, 1.165) is 12.2 Å². The summed E-state index contributed by atoms with van der Waals surface area (Å²) in [5.74, 6) is 0.132. The predicted molar refractivity (Wildman–Crippen MR) is 75.9 cm³/mol. The lowest BCUT2D eigenvalue weighted by Crippen LogP contribution is -1.99. The molecule has 0 aliphatic heterocycles. The fraction of sp³-hybridized carbons (Fsp3) is 0.200. The van der Waals surface area contributed by atoms with Crippen LogP contribution in [-0.4, -0.2) is 27.8 Å². The fourth-order valence-electron chi connectivity index (χ4n) is 1.84. The summed E-state index contributed by atoms with van der Waals surface area (Å²) in [4.78, 5) is 12.1. The molecule has 1 heterocycles. The van der Waals surface area contributed by atoms with Crippen LogP contribution in [0.2, 0.25) is 0 Å². The van der Waals surface area contributed by atoms with Crippen LogP contribution in [-0.2, 0) is 6.54 Å². The number of methoxy groups -OCH3 is 1. The molecule has 0 unspecified atom stereocenters. The first kappa shape index (κ1) is 13.9. The Morgan fingerprint density at radius 2 is 2.25 bits per heavy atom. The largest absolute Gasteiger partial charge is 0.504 e. The molecule has 104 valence electrons. The monoisotopic (exact) mass is 272 g/mol. The summed E-state index contributed by atoms with van der Waals surface area (Å²) in [6.45, 7) is 2.73. The number of phenols is 1. The van der Waals surface area contributed by atoms with Crippen LogP contribution in [0, 0.1) is 0 Å². The van der Waals surface area contributed by atoms with Crippen LogP contribution in [0.4, 0.5) is 0 Å². The number of nitrogens with zero attached hydrogens (tertiary/aromatic N) is 2. The van der Waals surface area contributed by atoms with Crippen molar-refractivity contribution >= 4 is 11.9 Å². The van der Waals surface area contributed by atoms with Gasteiger partial charge in [-0.1, -0.05) is 0 Å². The Morgan fingerprint density at radius 3 is 2.95 bits per heavy atom. The van der Waals surface area contributed by atoms with Crippen molar-refractivity contribution in [1.29, 1.82) is 0 Å². The molecular formula is C15H16N2O3. The Morgan fingerprint density at radius 1 is 1.45 bits per heavy atom. The summed E-state index contributed by atoms with van der Waals surface area (Å²) < 4.78 is 6.78. The molecule has 0 amide bonds. The fourth-order valence-corrected chi connectivity index (χ4v) is 1.84. The molecule has 0 atom stereocenters. The summed E-state index contributed by atoms with van der Waals surface area (Å²) >= 11 is 0. The molecule has 1 aromatic heterocycles. The van der Waals surface area contributed by atoms with Crippen molar-refractivity contribution in [2.75, 3.05) is 7.11 Å². The van der Waals surface area contributed by atoms with Crippen LogP contribution in [0.3, 0.4) is 0 Å². The Balaban J connectivity index is 2.20. The number of carbonyl (C=O) groups excluding carboxylic acids is 1. The maximum absolute atomic E-state index is 12.1. The van der Waals surface area contributed by atoms with Gasteiger partial charge in [0.2, 0.25) is 0 Å². The molecule has 5 nitrogen and oxygen atoms in total. The molecule has 0 radical (unpaired) electrons. The van der Waals surface area contributed by atoms with E-state index in [1.165, 1.54) is 25.3 Å². The lowest BCUT2D eigenvalue weighted by atomic mass is 10.1. The molecule has 0 saturated heterocycles. The highest BCUT2D eigenvalue weighted by atomic mass is 16.5. The first-order chi connectivity index (χ1) is 9.65. The summed E-state index contributed by atoms with van der Waals surface area (Å²) in [5.41, 5.74) is 1.32. The Hall–Kier alpha value is -2.56. The lowest BCUT2D eigenvalue weighted by molar-refractivity contribution is 0.104. The zero-order valence-corrected chi connectivity index (χ0v) is 11.4. The van der Waals surface area contributed by atoms with Crippen LogP contribution in [0.1, 0.15) is 23.0 Å². The van der Waals surface area contributed by atoms with Crippen molar-refractivity contribution in [1.82, 2.24) is 9.78 Å². The van der Waals surface area contributed by atoms with Gasteiger partial charge in [-0.2, -0.15) is 5.10 Å². The highest BCUT2D eigenvalue weighted by Gasteiger charge is 2.07. The second-order valence-corrected chi connectivity index (χ2v) is 4.16. The van der Waals surface area contributed by atoms with Gasteiger partial charge in [0.1, 0.15) is 0 Å². The molecule has 0 fully saturated rings. The summed E-state index contributed by atoms with van der Waals surface area (Å²) in [5, 5.41) is 13.6. The van der Waals surface area contributed by atoms with E-state index in [4.69, 9.17) is 4.74 Å². The normalized spacial score (nSPS) is 10.9.